The van der Waals surface area contributed by atoms with Crippen LogP contribution in [-0.4, -0.2) is 12.8 Å². The monoisotopic (exact) mass is 357 g/mol. The standard InChI is InChI=1S/C24H36FN/c1-7-8-16-26-17-14-19(2)11-9-12-21(4)23(25)18-22-20(3)13-10-15-24(22,5)6/h9,11-12,14,17-18H,7-8,10,13,15-16H2,1-6H3/b11-9-,19-14+,21-12+,23-18+,26-17?. The molecule has 0 fully saturated rings. The van der Waals surface area contributed by atoms with Crippen molar-refractivity contribution in [2.24, 2.45) is 10.4 Å². The van der Waals surface area contributed by atoms with Crippen molar-refractivity contribution in [3.63, 3.8) is 0 Å². The summed E-state index contributed by atoms with van der Waals surface area (Å²) in [4.78, 5) is 4.33. The summed E-state index contributed by atoms with van der Waals surface area (Å²) in [6.45, 7) is 13.5. The first-order valence-corrected chi connectivity index (χ1v) is 9.87. The predicted octanol–water partition coefficient (Wildman–Crippen LogP) is 7.69. The second-order valence-electron chi connectivity index (χ2n) is 7.95. The minimum atomic E-state index is -0.137. The number of nitrogens with zero attached hydrogens (tertiary/aromatic N) is 1. The van der Waals surface area contributed by atoms with Gasteiger partial charge in [0.25, 0.3) is 0 Å². The Balaban J connectivity index is 2.77. The van der Waals surface area contributed by atoms with Gasteiger partial charge in [0.05, 0.1) is 0 Å². The Morgan fingerprint density at radius 2 is 1.96 bits per heavy atom. The molecule has 1 rings (SSSR count). The first-order valence-electron chi connectivity index (χ1n) is 9.87. The Morgan fingerprint density at radius 3 is 2.62 bits per heavy atom. The van der Waals surface area contributed by atoms with Crippen LogP contribution in [-0.2, 0) is 0 Å². The van der Waals surface area contributed by atoms with Crippen LogP contribution in [0.4, 0.5) is 4.39 Å². The van der Waals surface area contributed by atoms with Gasteiger partial charge in [0.15, 0.2) is 0 Å². The fourth-order valence-corrected chi connectivity index (χ4v) is 3.18. The van der Waals surface area contributed by atoms with Gasteiger partial charge in [-0.2, -0.15) is 0 Å². The van der Waals surface area contributed by atoms with Gasteiger partial charge in [0.2, 0.25) is 0 Å². The van der Waals surface area contributed by atoms with Crippen LogP contribution in [0.1, 0.15) is 73.6 Å². The predicted molar refractivity (Wildman–Crippen MR) is 114 cm³/mol. The second-order valence-corrected chi connectivity index (χ2v) is 7.95. The van der Waals surface area contributed by atoms with Gasteiger partial charge in [-0.25, -0.2) is 4.39 Å². The van der Waals surface area contributed by atoms with E-state index < -0.39 is 0 Å². The average molecular weight is 358 g/mol. The van der Waals surface area contributed by atoms with Gasteiger partial charge in [0, 0.05) is 12.8 Å². The van der Waals surface area contributed by atoms with Crippen molar-refractivity contribution < 1.29 is 4.39 Å². The van der Waals surface area contributed by atoms with Crippen LogP contribution in [0.25, 0.3) is 0 Å². The molecule has 0 saturated carbocycles. The Kier molecular flexibility index (Phi) is 9.54. The SMILES string of the molecule is CCCCN=C/C=C(C)/C=C\C=C(C)\C(F)=C/C1=C(C)CCCC1(C)C. The van der Waals surface area contributed by atoms with Gasteiger partial charge in [-0.1, -0.05) is 51.0 Å². The van der Waals surface area contributed by atoms with Crippen LogP contribution in [0.2, 0.25) is 0 Å². The number of hydrogen-bond donors (Lipinski definition) is 0. The van der Waals surface area contributed by atoms with Crippen LogP contribution >= 0.6 is 0 Å². The molecule has 0 bridgehead atoms. The molecule has 0 aromatic heterocycles. The highest BCUT2D eigenvalue weighted by atomic mass is 19.1. The van der Waals surface area contributed by atoms with E-state index in [2.05, 4.69) is 32.7 Å². The van der Waals surface area contributed by atoms with Crippen molar-refractivity contribution >= 4 is 6.21 Å². The molecule has 0 radical (unpaired) electrons. The highest BCUT2D eigenvalue weighted by Crippen LogP contribution is 2.41. The molecule has 1 aliphatic carbocycles. The van der Waals surface area contributed by atoms with Gasteiger partial charge in [-0.05, 0) is 80.7 Å². The van der Waals surface area contributed by atoms with Crippen LogP contribution in [0.3, 0.4) is 0 Å². The third kappa shape index (κ3) is 7.68. The molecule has 0 unspecified atom stereocenters. The number of unbranched alkanes of at least 4 members (excludes halogenated alkanes) is 1. The number of allylic oxidation sites excluding steroid dienone is 10. The maximum Gasteiger partial charge on any atom is 0.126 e. The van der Waals surface area contributed by atoms with Crippen molar-refractivity contribution in [2.75, 3.05) is 6.54 Å². The van der Waals surface area contributed by atoms with E-state index in [-0.39, 0.29) is 11.2 Å². The molecule has 0 saturated heterocycles. The fraction of sp³-hybridized carbons (Fsp3) is 0.542. The lowest BCUT2D eigenvalue weighted by Crippen LogP contribution is -2.19. The van der Waals surface area contributed by atoms with E-state index in [9.17, 15) is 4.39 Å². The summed E-state index contributed by atoms with van der Waals surface area (Å²) in [6.07, 6.45) is 17.0. The third-order valence-corrected chi connectivity index (χ3v) is 4.98. The molecule has 144 valence electrons. The molecule has 1 aliphatic rings. The summed E-state index contributed by atoms with van der Waals surface area (Å²) in [5.41, 5.74) is 4.31. The first-order chi connectivity index (χ1) is 12.3. The van der Waals surface area contributed by atoms with Crippen molar-refractivity contribution in [3.05, 3.63) is 58.5 Å². The van der Waals surface area contributed by atoms with E-state index in [4.69, 9.17) is 0 Å². The largest absolute Gasteiger partial charge is 0.293 e. The van der Waals surface area contributed by atoms with Crippen molar-refractivity contribution in [1.29, 1.82) is 0 Å². The van der Waals surface area contributed by atoms with E-state index >= 15 is 0 Å². The topological polar surface area (TPSA) is 12.4 Å². The van der Waals surface area contributed by atoms with Crippen LogP contribution in [0.15, 0.2) is 63.5 Å². The molecule has 0 heterocycles. The molecule has 0 N–H and O–H groups in total. The number of aliphatic imine (C=N–C) groups is 1. The van der Waals surface area contributed by atoms with Crippen molar-refractivity contribution in [3.8, 4) is 0 Å². The maximum absolute atomic E-state index is 14.6. The lowest BCUT2D eigenvalue weighted by Gasteiger charge is -2.33. The van der Waals surface area contributed by atoms with E-state index in [1.165, 1.54) is 12.0 Å². The number of rotatable bonds is 8. The van der Waals surface area contributed by atoms with Crippen LogP contribution < -0.4 is 0 Å². The molecule has 0 aliphatic heterocycles. The van der Waals surface area contributed by atoms with E-state index in [1.54, 1.807) is 6.08 Å². The summed E-state index contributed by atoms with van der Waals surface area (Å²) in [5.74, 6) is -0.137. The first kappa shape index (κ1) is 22.3. The van der Waals surface area contributed by atoms with Gasteiger partial charge in [-0.3, -0.25) is 4.99 Å². The zero-order chi connectivity index (χ0) is 19.6. The molecule has 26 heavy (non-hydrogen) atoms. The average Bonchev–Trinajstić information content (AvgIpc) is 2.57. The Bertz CT molecular complexity index is 639. The highest BCUT2D eigenvalue weighted by molar-refractivity contribution is 5.72. The normalized spacial score (nSPS) is 19.9. The molecule has 0 amide bonds. The van der Waals surface area contributed by atoms with E-state index in [0.717, 1.165) is 43.4 Å². The maximum atomic E-state index is 14.6. The molecule has 0 aromatic carbocycles. The molecular formula is C24H36FN. The van der Waals surface area contributed by atoms with Crippen LogP contribution in [0.5, 0.6) is 0 Å². The quantitative estimate of drug-likeness (QED) is 0.240. The summed E-state index contributed by atoms with van der Waals surface area (Å²) < 4.78 is 14.6. The van der Waals surface area contributed by atoms with Gasteiger partial charge in [-0.15, -0.1) is 0 Å². The summed E-state index contributed by atoms with van der Waals surface area (Å²) in [7, 11) is 0. The minimum absolute atomic E-state index is 0.0617. The van der Waals surface area contributed by atoms with Crippen molar-refractivity contribution in [1.82, 2.24) is 0 Å². The lowest BCUT2D eigenvalue weighted by molar-refractivity contribution is 0.375. The Labute approximate surface area is 160 Å². The minimum Gasteiger partial charge on any atom is -0.293 e. The molecule has 1 nitrogen and oxygen atoms in total. The fourth-order valence-electron chi connectivity index (χ4n) is 3.18. The van der Waals surface area contributed by atoms with Gasteiger partial charge in [0.1, 0.15) is 5.83 Å². The Hall–Kier alpha value is -1.70. The zero-order valence-electron chi connectivity index (χ0n) is 17.5. The summed E-state index contributed by atoms with van der Waals surface area (Å²) >= 11 is 0. The lowest BCUT2D eigenvalue weighted by atomic mass is 9.72. The number of halogens is 1. The third-order valence-electron chi connectivity index (χ3n) is 4.98. The molecule has 2 heteroatoms. The molecule has 0 spiro atoms. The highest BCUT2D eigenvalue weighted by Gasteiger charge is 2.27. The summed E-state index contributed by atoms with van der Waals surface area (Å²) in [5, 5.41) is 0. The van der Waals surface area contributed by atoms with E-state index in [1.807, 2.05) is 44.4 Å². The zero-order valence-corrected chi connectivity index (χ0v) is 17.5. The molecular weight excluding hydrogens is 321 g/mol. The number of hydrogen-bond acceptors (Lipinski definition) is 1. The Morgan fingerprint density at radius 1 is 1.23 bits per heavy atom. The second kappa shape index (κ2) is 11.1. The van der Waals surface area contributed by atoms with E-state index in [0.29, 0.717) is 5.57 Å². The molecule has 0 aromatic rings. The van der Waals surface area contributed by atoms with Crippen LogP contribution in [0, 0.1) is 5.41 Å². The van der Waals surface area contributed by atoms with Crippen molar-refractivity contribution in [2.45, 2.75) is 73.6 Å². The molecule has 0 atom stereocenters. The van der Waals surface area contributed by atoms with Gasteiger partial charge >= 0.3 is 0 Å². The summed E-state index contributed by atoms with van der Waals surface area (Å²) in [6, 6.07) is 0. The van der Waals surface area contributed by atoms with Gasteiger partial charge < -0.3 is 0 Å². The smallest absolute Gasteiger partial charge is 0.126 e.